The number of fused-ring (bicyclic) bond motifs is 1. The maximum absolute atomic E-state index is 13.2. The van der Waals surface area contributed by atoms with Crippen molar-refractivity contribution in [3.05, 3.63) is 65.1 Å². The van der Waals surface area contributed by atoms with Gasteiger partial charge < -0.3 is 10.2 Å². The van der Waals surface area contributed by atoms with Gasteiger partial charge in [-0.2, -0.15) is 0 Å². The second-order valence-electron chi connectivity index (χ2n) is 6.64. The Morgan fingerprint density at radius 3 is 2.55 bits per heavy atom. The highest BCUT2D eigenvalue weighted by Crippen LogP contribution is 2.25. The van der Waals surface area contributed by atoms with E-state index in [1.807, 2.05) is 12.1 Å². The molecule has 0 atom stereocenters. The zero-order valence-electron chi connectivity index (χ0n) is 15.8. The van der Waals surface area contributed by atoms with Crippen LogP contribution in [0.25, 0.3) is 10.8 Å². The number of carbonyl (C=O) groups is 1. The number of pyridine rings is 1. The van der Waals surface area contributed by atoms with Gasteiger partial charge in [0.05, 0.1) is 5.02 Å². The largest absolute Gasteiger partial charge is 0.327 e. The van der Waals surface area contributed by atoms with Gasteiger partial charge in [-0.25, -0.2) is 22.6 Å². The van der Waals surface area contributed by atoms with Crippen molar-refractivity contribution >= 4 is 43.9 Å². The molecule has 0 unspecified atom stereocenters. The molecule has 1 heterocycles. The van der Waals surface area contributed by atoms with Crippen molar-refractivity contribution in [1.29, 1.82) is 0 Å². The Morgan fingerprint density at radius 1 is 1.21 bits per heavy atom. The molecule has 3 aromatic rings. The van der Waals surface area contributed by atoms with E-state index in [1.54, 1.807) is 19.2 Å². The average Bonchev–Trinajstić information content (AvgIpc) is 2.67. The second-order valence-corrected chi connectivity index (χ2v) is 8.98. The Kier molecular flexibility index (Phi) is 6.04. The van der Waals surface area contributed by atoms with Crippen molar-refractivity contribution in [1.82, 2.24) is 9.88 Å². The molecule has 1 aromatic heterocycles. The van der Waals surface area contributed by atoms with E-state index in [2.05, 4.69) is 10.3 Å². The summed E-state index contributed by atoms with van der Waals surface area (Å²) >= 11 is 5.73. The average molecular weight is 436 g/mol. The van der Waals surface area contributed by atoms with Gasteiger partial charge in [-0.3, -0.25) is 0 Å². The van der Waals surface area contributed by atoms with E-state index in [9.17, 15) is 17.6 Å². The highest BCUT2D eigenvalue weighted by molar-refractivity contribution is 7.90. The molecule has 0 saturated carbocycles. The third kappa shape index (κ3) is 4.83. The lowest BCUT2D eigenvalue weighted by molar-refractivity contribution is 0.223. The fourth-order valence-electron chi connectivity index (χ4n) is 2.90. The number of likely N-dealkylation sites (N-methyl/N-ethyl adjacent to an activating group) is 1. The summed E-state index contributed by atoms with van der Waals surface area (Å²) in [6.45, 7) is 0.366. The van der Waals surface area contributed by atoms with Crippen LogP contribution in [0.15, 0.2) is 53.7 Å². The molecule has 0 aliphatic rings. The number of nitrogens with one attached hydrogen (secondary N) is 1. The molecule has 0 radical (unpaired) electrons. The number of nitrogens with zero attached hydrogens (tertiary/aromatic N) is 2. The summed E-state index contributed by atoms with van der Waals surface area (Å²) in [5.41, 5.74) is 1.22. The van der Waals surface area contributed by atoms with Gasteiger partial charge in [0.15, 0.2) is 14.9 Å². The van der Waals surface area contributed by atoms with Gasteiger partial charge in [0.25, 0.3) is 0 Å². The fraction of sp³-hybridized carbons (Fsp3) is 0.200. The SMILES string of the molecule is CN(CCc1cnc(S(C)(=O)=O)c2ccccc12)C(=O)Nc1ccc(F)c(Cl)c1. The predicted octanol–water partition coefficient (Wildman–Crippen LogP) is 4.14. The van der Waals surface area contributed by atoms with Gasteiger partial charge in [-0.15, -0.1) is 0 Å². The number of anilines is 1. The minimum absolute atomic E-state index is 0.0381. The number of sulfone groups is 1. The molecule has 2 aromatic carbocycles. The smallest absolute Gasteiger partial charge is 0.321 e. The minimum Gasteiger partial charge on any atom is -0.327 e. The molecule has 29 heavy (non-hydrogen) atoms. The third-order valence-corrected chi connectivity index (χ3v) is 5.74. The zero-order valence-corrected chi connectivity index (χ0v) is 17.4. The van der Waals surface area contributed by atoms with Gasteiger partial charge in [0.2, 0.25) is 0 Å². The van der Waals surface area contributed by atoms with Crippen molar-refractivity contribution in [3.63, 3.8) is 0 Å². The molecular weight excluding hydrogens is 417 g/mol. The van der Waals surface area contributed by atoms with Gasteiger partial charge in [0, 0.05) is 37.1 Å². The van der Waals surface area contributed by atoms with Crippen molar-refractivity contribution in [2.45, 2.75) is 11.4 Å². The lowest BCUT2D eigenvalue weighted by Crippen LogP contribution is -2.33. The summed E-state index contributed by atoms with van der Waals surface area (Å²) in [4.78, 5) is 18.0. The van der Waals surface area contributed by atoms with E-state index in [-0.39, 0.29) is 16.1 Å². The highest BCUT2D eigenvalue weighted by atomic mass is 35.5. The first-order chi connectivity index (χ1) is 13.7. The van der Waals surface area contributed by atoms with Crippen LogP contribution in [-0.4, -0.2) is 44.2 Å². The molecule has 0 bridgehead atoms. The van der Waals surface area contributed by atoms with Crippen molar-refractivity contribution in [2.24, 2.45) is 0 Å². The number of aromatic nitrogens is 1. The maximum atomic E-state index is 13.2. The molecule has 2 amide bonds. The van der Waals surface area contributed by atoms with Gasteiger partial charge >= 0.3 is 6.03 Å². The van der Waals surface area contributed by atoms with Crippen LogP contribution >= 0.6 is 11.6 Å². The Labute approximate surface area is 173 Å². The van der Waals surface area contributed by atoms with Crippen LogP contribution in [0.1, 0.15) is 5.56 Å². The van der Waals surface area contributed by atoms with Crippen LogP contribution in [-0.2, 0) is 16.3 Å². The Bertz CT molecular complexity index is 1180. The van der Waals surface area contributed by atoms with E-state index in [0.29, 0.717) is 24.0 Å². The van der Waals surface area contributed by atoms with E-state index < -0.39 is 15.7 Å². The standard InChI is InChI=1S/C20H19ClFN3O3S/c1-25(20(26)24-14-7-8-18(22)17(21)11-14)10-9-13-12-23-19(29(2,27)28)16-6-4-3-5-15(13)16/h3-8,11-12H,9-10H2,1-2H3,(H,24,26). The summed E-state index contributed by atoms with van der Waals surface area (Å²) in [6.07, 6.45) is 3.14. The Morgan fingerprint density at radius 2 is 1.90 bits per heavy atom. The molecule has 152 valence electrons. The van der Waals surface area contributed by atoms with Crippen molar-refractivity contribution < 1.29 is 17.6 Å². The Hall–Kier alpha value is -2.71. The number of hydrogen-bond acceptors (Lipinski definition) is 4. The van der Waals surface area contributed by atoms with Crippen LogP contribution in [0, 0.1) is 5.82 Å². The van der Waals surface area contributed by atoms with Crippen LogP contribution in [0.4, 0.5) is 14.9 Å². The van der Waals surface area contributed by atoms with Crippen molar-refractivity contribution in [2.75, 3.05) is 25.2 Å². The predicted molar refractivity (Wildman–Crippen MR) is 112 cm³/mol. The van der Waals surface area contributed by atoms with Crippen LogP contribution < -0.4 is 5.32 Å². The molecule has 3 rings (SSSR count). The number of halogens is 2. The first-order valence-corrected chi connectivity index (χ1v) is 11.0. The quantitative estimate of drug-likeness (QED) is 0.653. The molecule has 0 aliphatic heterocycles. The second kappa shape index (κ2) is 8.34. The first kappa shape index (κ1) is 21.0. The zero-order chi connectivity index (χ0) is 21.2. The molecular formula is C20H19ClFN3O3S. The van der Waals surface area contributed by atoms with Crippen LogP contribution in [0.5, 0.6) is 0 Å². The summed E-state index contributed by atoms with van der Waals surface area (Å²) in [7, 11) is -1.83. The monoisotopic (exact) mass is 435 g/mol. The molecule has 9 heteroatoms. The van der Waals surface area contributed by atoms with E-state index in [0.717, 1.165) is 17.2 Å². The maximum Gasteiger partial charge on any atom is 0.321 e. The highest BCUT2D eigenvalue weighted by Gasteiger charge is 2.16. The number of rotatable bonds is 5. The topological polar surface area (TPSA) is 79.4 Å². The summed E-state index contributed by atoms with van der Waals surface area (Å²) in [5, 5.41) is 3.95. The summed E-state index contributed by atoms with van der Waals surface area (Å²) in [5.74, 6) is -0.560. The molecule has 0 fully saturated rings. The normalized spacial score (nSPS) is 11.4. The minimum atomic E-state index is -3.46. The Balaban J connectivity index is 1.74. The molecule has 0 spiro atoms. The molecule has 0 saturated heterocycles. The van der Waals surface area contributed by atoms with E-state index in [4.69, 9.17) is 11.6 Å². The van der Waals surface area contributed by atoms with E-state index in [1.165, 1.54) is 29.3 Å². The number of hydrogen-bond donors (Lipinski definition) is 1. The van der Waals surface area contributed by atoms with Gasteiger partial charge in [0.1, 0.15) is 5.82 Å². The van der Waals surface area contributed by atoms with Gasteiger partial charge in [-0.05, 0) is 35.6 Å². The first-order valence-electron chi connectivity index (χ1n) is 8.70. The van der Waals surface area contributed by atoms with Crippen LogP contribution in [0.3, 0.4) is 0 Å². The molecule has 6 nitrogen and oxygen atoms in total. The van der Waals surface area contributed by atoms with Gasteiger partial charge in [-0.1, -0.05) is 35.9 Å². The summed E-state index contributed by atoms with van der Waals surface area (Å²) < 4.78 is 37.2. The van der Waals surface area contributed by atoms with Crippen LogP contribution in [0.2, 0.25) is 5.02 Å². The van der Waals surface area contributed by atoms with E-state index >= 15 is 0 Å². The summed E-state index contributed by atoms with van der Waals surface area (Å²) in [6, 6.07) is 10.7. The molecule has 1 N–H and O–H groups in total. The third-order valence-electron chi connectivity index (χ3n) is 4.43. The lowest BCUT2D eigenvalue weighted by atomic mass is 10.1. The van der Waals surface area contributed by atoms with Crippen molar-refractivity contribution in [3.8, 4) is 0 Å². The number of amides is 2. The fourth-order valence-corrected chi connectivity index (χ4v) is 3.90. The number of benzene rings is 2. The number of urea groups is 1. The molecule has 0 aliphatic carbocycles. The lowest BCUT2D eigenvalue weighted by Gasteiger charge is -2.19. The number of carbonyl (C=O) groups excluding carboxylic acids is 1.